The van der Waals surface area contributed by atoms with E-state index in [9.17, 15) is 5.26 Å². The summed E-state index contributed by atoms with van der Waals surface area (Å²) >= 11 is 0. The van der Waals surface area contributed by atoms with Gasteiger partial charge < -0.3 is 5.32 Å². The molecule has 1 saturated carbocycles. The van der Waals surface area contributed by atoms with Gasteiger partial charge in [0.25, 0.3) is 0 Å². The average molecular weight is 328 g/mol. The Labute approximate surface area is 139 Å². The second-order valence-electron chi connectivity index (χ2n) is 5.62. The van der Waals surface area contributed by atoms with Crippen LogP contribution in [0.3, 0.4) is 0 Å². The van der Waals surface area contributed by atoms with Gasteiger partial charge in [0, 0.05) is 32.2 Å². The Bertz CT molecular complexity index is 477. The van der Waals surface area contributed by atoms with Crippen LogP contribution < -0.4 is 5.32 Å². The molecule has 0 amide bonds. The fourth-order valence-electron chi connectivity index (χ4n) is 3.32. The van der Waals surface area contributed by atoms with Crippen molar-refractivity contribution in [2.45, 2.75) is 25.3 Å². The maximum atomic E-state index is 9.36. The van der Waals surface area contributed by atoms with E-state index < -0.39 is 0 Å². The molecule has 1 aromatic rings. The molecule has 0 radical (unpaired) electrons. The zero-order valence-electron chi connectivity index (χ0n) is 12.1. The molecule has 1 saturated heterocycles. The molecule has 1 atom stereocenters. The lowest BCUT2D eigenvalue weighted by Gasteiger charge is -2.43. The van der Waals surface area contributed by atoms with Crippen LogP contribution in [0.1, 0.15) is 36.4 Å². The highest BCUT2D eigenvalue weighted by Gasteiger charge is 2.34. The van der Waals surface area contributed by atoms with E-state index in [0.29, 0.717) is 6.04 Å². The predicted molar refractivity (Wildman–Crippen MR) is 90.2 cm³/mol. The summed E-state index contributed by atoms with van der Waals surface area (Å²) in [6.07, 6.45) is 3.98. The van der Waals surface area contributed by atoms with E-state index in [1.807, 2.05) is 12.1 Å². The molecule has 2 fully saturated rings. The van der Waals surface area contributed by atoms with Crippen molar-refractivity contribution in [3.05, 3.63) is 35.4 Å². The molecule has 1 N–H and O–H groups in total. The third-order valence-electron chi connectivity index (χ3n) is 4.54. The number of nitrogens with one attached hydrogen (secondary N) is 1. The number of hydrogen-bond acceptors (Lipinski definition) is 3. The van der Waals surface area contributed by atoms with Crippen molar-refractivity contribution in [2.24, 2.45) is 5.92 Å². The Balaban J connectivity index is 0.00000110. The number of rotatable bonds is 3. The van der Waals surface area contributed by atoms with Crippen molar-refractivity contribution in [1.29, 1.82) is 5.26 Å². The molecule has 0 spiro atoms. The van der Waals surface area contributed by atoms with Crippen LogP contribution in [-0.2, 0) is 0 Å². The van der Waals surface area contributed by atoms with E-state index in [4.69, 9.17) is 0 Å². The summed E-state index contributed by atoms with van der Waals surface area (Å²) in [5.41, 5.74) is 2.11. The predicted octanol–water partition coefficient (Wildman–Crippen LogP) is 3.15. The summed E-state index contributed by atoms with van der Waals surface area (Å²) in [4.78, 5) is 2.58. The Hall–Kier alpha value is -0.790. The van der Waals surface area contributed by atoms with Gasteiger partial charge in [0.15, 0.2) is 0 Å². The molecule has 0 aromatic heterocycles. The number of nitriles is 1. The highest BCUT2D eigenvalue weighted by atomic mass is 35.5. The number of halogens is 2. The molecule has 2 aliphatic rings. The zero-order chi connectivity index (χ0) is 13.1. The van der Waals surface area contributed by atoms with Crippen molar-refractivity contribution < 1.29 is 0 Å². The first-order valence-corrected chi connectivity index (χ1v) is 7.34. The van der Waals surface area contributed by atoms with Crippen LogP contribution in [0.15, 0.2) is 24.3 Å². The smallest absolute Gasteiger partial charge is 0.0995 e. The maximum absolute atomic E-state index is 9.36. The Morgan fingerprint density at radius 1 is 1.14 bits per heavy atom. The average Bonchev–Trinajstić information content (AvgIpc) is 2.43. The molecule has 3 rings (SSSR count). The lowest BCUT2D eigenvalue weighted by molar-refractivity contribution is 0.0835. The molecule has 3 nitrogen and oxygen atoms in total. The van der Waals surface area contributed by atoms with Gasteiger partial charge in [-0.05, 0) is 30.4 Å². The van der Waals surface area contributed by atoms with Gasteiger partial charge in [-0.1, -0.05) is 24.6 Å². The van der Waals surface area contributed by atoms with E-state index in [-0.39, 0.29) is 24.8 Å². The molecule has 1 aliphatic carbocycles. The standard InChI is InChI=1S/C16H21N3.2ClH/c17-12-14-4-1-2-7-15(14)16(13-5-3-6-13)19-10-8-18-9-11-19;;/h1-2,4,7,13,16,18H,3,5-6,8-11H2;2*1H/t16-;;/m0../s1. The summed E-state index contributed by atoms with van der Waals surface area (Å²) in [7, 11) is 0. The van der Waals surface area contributed by atoms with Gasteiger partial charge in [0.2, 0.25) is 0 Å². The van der Waals surface area contributed by atoms with E-state index in [2.05, 4.69) is 28.4 Å². The second kappa shape index (κ2) is 8.60. The van der Waals surface area contributed by atoms with Gasteiger partial charge >= 0.3 is 0 Å². The fourth-order valence-corrected chi connectivity index (χ4v) is 3.32. The molecule has 0 unspecified atom stereocenters. The number of benzene rings is 1. The quantitative estimate of drug-likeness (QED) is 0.926. The van der Waals surface area contributed by atoms with Crippen LogP contribution in [0.5, 0.6) is 0 Å². The third kappa shape index (κ3) is 3.90. The lowest BCUT2D eigenvalue weighted by atomic mass is 9.75. The van der Waals surface area contributed by atoms with E-state index >= 15 is 0 Å². The number of nitrogens with zero attached hydrogens (tertiary/aromatic N) is 2. The van der Waals surface area contributed by atoms with Crippen LogP contribution in [0.25, 0.3) is 0 Å². The van der Waals surface area contributed by atoms with Gasteiger partial charge in [-0.15, -0.1) is 24.8 Å². The van der Waals surface area contributed by atoms with Crippen LogP contribution >= 0.6 is 24.8 Å². The first kappa shape index (κ1) is 18.3. The van der Waals surface area contributed by atoms with Gasteiger partial charge in [-0.2, -0.15) is 5.26 Å². The topological polar surface area (TPSA) is 39.1 Å². The minimum absolute atomic E-state index is 0. The molecule has 1 aromatic carbocycles. The van der Waals surface area contributed by atoms with Gasteiger partial charge in [-0.3, -0.25) is 4.90 Å². The van der Waals surface area contributed by atoms with Crippen molar-refractivity contribution in [3.8, 4) is 6.07 Å². The van der Waals surface area contributed by atoms with Gasteiger partial charge in [0.1, 0.15) is 0 Å². The molecule has 0 bridgehead atoms. The molecular formula is C16H23Cl2N3. The SMILES string of the molecule is Cl.Cl.N#Cc1ccccc1[C@H](C1CCC1)N1CCNCC1. The maximum Gasteiger partial charge on any atom is 0.0995 e. The lowest BCUT2D eigenvalue weighted by Crippen LogP contribution is -2.48. The van der Waals surface area contributed by atoms with E-state index in [1.165, 1.54) is 24.8 Å². The number of piperazine rings is 1. The van der Waals surface area contributed by atoms with Crippen molar-refractivity contribution in [3.63, 3.8) is 0 Å². The minimum Gasteiger partial charge on any atom is -0.314 e. The monoisotopic (exact) mass is 327 g/mol. The van der Waals surface area contributed by atoms with Crippen molar-refractivity contribution in [1.82, 2.24) is 10.2 Å². The van der Waals surface area contributed by atoms with Crippen LogP contribution in [0.2, 0.25) is 0 Å². The molecular weight excluding hydrogens is 305 g/mol. The Morgan fingerprint density at radius 3 is 2.38 bits per heavy atom. The van der Waals surface area contributed by atoms with Gasteiger partial charge in [-0.25, -0.2) is 0 Å². The summed E-state index contributed by atoms with van der Waals surface area (Å²) in [5.74, 6) is 0.743. The van der Waals surface area contributed by atoms with Crippen LogP contribution in [-0.4, -0.2) is 31.1 Å². The zero-order valence-corrected chi connectivity index (χ0v) is 13.8. The number of hydrogen-bond donors (Lipinski definition) is 1. The molecule has 21 heavy (non-hydrogen) atoms. The highest BCUT2D eigenvalue weighted by Crippen LogP contribution is 2.42. The largest absolute Gasteiger partial charge is 0.314 e. The van der Waals surface area contributed by atoms with Crippen LogP contribution in [0.4, 0.5) is 0 Å². The van der Waals surface area contributed by atoms with Crippen LogP contribution in [0, 0.1) is 17.2 Å². The first-order chi connectivity index (χ1) is 9.40. The summed E-state index contributed by atoms with van der Waals surface area (Å²) in [6.45, 7) is 4.33. The first-order valence-electron chi connectivity index (χ1n) is 7.34. The summed E-state index contributed by atoms with van der Waals surface area (Å²) in [6, 6.07) is 11.0. The van der Waals surface area contributed by atoms with Crippen molar-refractivity contribution >= 4 is 24.8 Å². The molecule has 5 heteroatoms. The molecule has 116 valence electrons. The normalized spacial score (nSPS) is 20.3. The highest BCUT2D eigenvalue weighted by molar-refractivity contribution is 5.85. The molecule has 1 heterocycles. The van der Waals surface area contributed by atoms with E-state index in [1.54, 1.807) is 0 Å². The van der Waals surface area contributed by atoms with E-state index in [0.717, 1.165) is 37.7 Å². The fraction of sp³-hybridized carbons (Fsp3) is 0.562. The second-order valence-corrected chi connectivity index (χ2v) is 5.62. The third-order valence-corrected chi connectivity index (χ3v) is 4.54. The summed E-state index contributed by atoms with van der Waals surface area (Å²) in [5, 5.41) is 12.8. The minimum atomic E-state index is 0. The summed E-state index contributed by atoms with van der Waals surface area (Å²) < 4.78 is 0. The Kier molecular flexibility index (Phi) is 7.48. The Morgan fingerprint density at radius 2 is 1.81 bits per heavy atom. The van der Waals surface area contributed by atoms with Crippen molar-refractivity contribution in [2.75, 3.05) is 26.2 Å². The van der Waals surface area contributed by atoms with Gasteiger partial charge in [0.05, 0.1) is 11.6 Å². The molecule has 1 aliphatic heterocycles.